The summed E-state index contributed by atoms with van der Waals surface area (Å²) in [6, 6.07) is 6.50. The molecular formula is C13H16ClFN4. The van der Waals surface area contributed by atoms with Crippen LogP contribution in [0.1, 0.15) is 23.0 Å². The van der Waals surface area contributed by atoms with Crippen molar-refractivity contribution in [1.29, 1.82) is 0 Å². The standard InChI is InChI=1S/C13H16ClFN4/c1-8-6-9(19(2)18-8)7-12(17-16)10-4-3-5-11(14)13(10)15/h3-6,12,17H,7,16H2,1-2H3. The summed E-state index contributed by atoms with van der Waals surface area (Å²) in [5.74, 6) is 5.10. The number of nitrogens with one attached hydrogen (secondary N) is 1. The molecule has 1 aromatic carbocycles. The maximum atomic E-state index is 14.0. The van der Waals surface area contributed by atoms with Gasteiger partial charge < -0.3 is 0 Å². The minimum absolute atomic E-state index is 0.0962. The third-order valence-corrected chi connectivity index (χ3v) is 3.36. The summed E-state index contributed by atoms with van der Waals surface area (Å²) in [5.41, 5.74) is 4.97. The molecule has 6 heteroatoms. The average Bonchev–Trinajstić information content (AvgIpc) is 2.68. The van der Waals surface area contributed by atoms with Gasteiger partial charge in [-0.25, -0.2) is 4.39 Å². The van der Waals surface area contributed by atoms with Crippen LogP contribution in [0.25, 0.3) is 0 Å². The van der Waals surface area contributed by atoms with E-state index in [1.54, 1.807) is 16.8 Å². The van der Waals surface area contributed by atoms with Crippen molar-refractivity contribution in [1.82, 2.24) is 15.2 Å². The van der Waals surface area contributed by atoms with Crippen molar-refractivity contribution in [2.45, 2.75) is 19.4 Å². The van der Waals surface area contributed by atoms with Crippen LogP contribution in [0.2, 0.25) is 5.02 Å². The molecule has 0 aliphatic rings. The van der Waals surface area contributed by atoms with Gasteiger partial charge in [0.25, 0.3) is 0 Å². The normalized spacial score (nSPS) is 12.7. The van der Waals surface area contributed by atoms with Crippen LogP contribution in [0.15, 0.2) is 24.3 Å². The first-order valence-electron chi connectivity index (χ1n) is 5.92. The molecular weight excluding hydrogens is 267 g/mol. The van der Waals surface area contributed by atoms with Gasteiger partial charge in [-0.2, -0.15) is 5.10 Å². The topological polar surface area (TPSA) is 55.9 Å². The third kappa shape index (κ3) is 2.94. The fraction of sp³-hybridized carbons (Fsp3) is 0.308. The first-order chi connectivity index (χ1) is 9.02. The molecule has 1 heterocycles. The Labute approximate surface area is 116 Å². The number of hydrogen-bond acceptors (Lipinski definition) is 3. The van der Waals surface area contributed by atoms with Gasteiger partial charge >= 0.3 is 0 Å². The lowest BCUT2D eigenvalue weighted by atomic mass is 10.0. The van der Waals surface area contributed by atoms with Crippen LogP contribution in [0.3, 0.4) is 0 Å². The monoisotopic (exact) mass is 282 g/mol. The summed E-state index contributed by atoms with van der Waals surface area (Å²) in [5, 5.41) is 4.36. The molecule has 0 aliphatic heterocycles. The SMILES string of the molecule is Cc1cc(CC(NN)c2cccc(Cl)c2F)n(C)n1. The lowest BCUT2D eigenvalue weighted by Crippen LogP contribution is -2.30. The fourth-order valence-electron chi connectivity index (χ4n) is 2.11. The van der Waals surface area contributed by atoms with E-state index in [0.717, 1.165) is 11.4 Å². The van der Waals surface area contributed by atoms with Crippen molar-refractivity contribution in [2.24, 2.45) is 12.9 Å². The quantitative estimate of drug-likeness (QED) is 0.668. The van der Waals surface area contributed by atoms with Gasteiger partial charge in [-0.05, 0) is 19.1 Å². The van der Waals surface area contributed by atoms with Gasteiger partial charge in [0.05, 0.1) is 16.8 Å². The Morgan fingerprint density at radius 2 is 2.26 bits per heavy atom. The third-order valence-electron chi connectivity index (χ3n) is 3.07. The molecule has 0 bridgehead atoms. The van der Waals surface area contributed by atoms with E-state index in [4.69, 9.17) is 17.4 Å². The van der Waals surface area contributed by atoms with Crippen LogP contribution in [0.5, 0.6) is 0 Å². The van der Waals surface area contributed by atoms with E-state index in [1.165, 1.54) is 6.07 Å². The smallest absolute Gasteiger partial charge is 0.146 e. The summed E-state index contributed by atoms with van der Waals surface area (Å²) >= 11 is 5.79. The Bertz CT molecular complexity index is 582. The van der Waals surface area contributed by atoms with Crippen molar-refractivity contribution >= 4 is 11.6 Å². The van der Waals surface area contributed by atoms with E-state index < -0.39 is 5.82 Å². The van der Waals surface area contributed by atoms with Crippen LogP contribution < -0.4 is 11.3 Å². The van der Waals surface area contributed by atoms with Gasteiger partial charge in [-0.15, -0.1) is 0 Å². The summed E-state index contributed by atoms with van der Waals surface area (Å²) in [6.07, 6.45) is 0.533. The van der Waals surface area contributed by atoms with Gasteiger partial charge in [0.15, 0.2) is 0 Å². The molecule has 1 aromatic heterocycles. The molecule has 19 heavy (non-hydrogen) atoms. The number of aryl methyl sites for hydroxylation is 2. The first-order valence-corrected chi connectivity index (χ1v) is 6.30. The van der Waals surface area contributed by atoms with Crippen molar-refractivity contribution in [3.63, 3.8) is 0 Å². The number of nitrogens with zero attached hydrogens (tertiary/aromatic N) is 2. The number of nitrogens with two attached hydrogens (primary N) is 1. The van der Waals surface area contributed by atoms with Crippen LogP contribution in [0.4, 0.5) is 4.39 Å². The van der Waals surface area contributed by atoms with Crippen LogP contribution in [-0.4, -0.2) is 9.78 Å². The Morgan fingerprint density at radius 3 is 2.84 bits per heavy atom. The second-order valence-electron chi connectivity index (χ2n) is 4.47. The highest BCUT2D eigenvalue weighted by atomic mass is 35.5. The summed E-state index contributed by atoms with van der Waals surface area (Å²) in [4.78, 5) is 0. The van der Waals surface area contributed by atoms with E-state index >= 15 is 0 Å². The molecule has 0 radical (unpaired) electrons. The Balaban J connectivity index is 2.30. The zero-order valence-electron chi connectivity index (χ0n) is 10.8. The zero-order valence-corrected chi connectivity index (χ0v) is 11.6. The van der Waals surface area contributed by atoms with E-state index in [1.807, 2.05) is 20.0 Å². The Morgan fingerprint density at radius 1 is 1.53 bits per heavy atom. The van der Waals surface area contributed by atoms with E-state index in [9.17, 15) is 4.39 Å². The fourth-order valence-corrected chi connectivity index (χ4v) is 2.29. The highest BCUT2D eigenvalue weighted by Crippen LogP contribution is 2.25. The van der Waals surface area contributed by atoms with Gasteiger partial charge in [-0.3, -0.25) is 16.0 Å². The number of rotatable bonds is 4. The lowest BCUT2D eigenvalue weighted by molar-refractivity contribution is 0.497. The Kier molecular flexibility index (Phi) is 4.19. The highest BCUT2D eigenvalue weighted by Gasteiger charge is 2.18. The van der Waals surface area contributed by atoms with Gasteiger partial charge in [0.2, 0.25) is 0 Å². The lowest BCUT2D eigenvalue weighted by Gasteiger charge is -2.17. The molecule has 0 saturated carbocycles. The molecule has 0 aliphatic carbocycles. The molecule has 3 N–H and O–H groups in total. The molecule has 1 atom stereocenters. The molecule has 1 unspecified atom stereocenters. The molecule has 0 fully saturated rings. The largest absolute Gasteiger partial charge is 0.272 e. The number of hydrazine groups is 1. The molecule has 0 spiro atoms. The average molecular weight is 283 g/mol. The summed E-state index contributed by atoms with van der Waals surface area (Å²) < 4.78 is 15.8. The van der Waals surface area contributed by atoms with E-state index in [-0.39, 0.29) is 11.1 Å². The van der Waals surface area contributed by atoms with Crippen molar-refractivity contribution in [3.05, 3.63) is 52.1 Å². The van der Waals surface area contributed by atoms with Crippen LogP contribution >= 0.6 is 11.6 Å². The maximum absolute atomic E-state index is 14.0. The predicted octanol–water partition coefficient (Wildman–Crippen LogP) is 2.27. The van der Waals surface area contributed by atoms with Gasteiger partial charge in [-0.1, -0.05) is 23.7 Å². The van der Waals surface area contributed by atoms with E-state index in [2.05, 4.69) is 10.5 Å². The summed E-state index contributed by atoms with van der Waals surface area (Å²) in [7, 11) is 1.85. The van der Waals surface area contributed by atoms with E-state index in [0.29, 0.717) is 12.0 Å². The number of benzene rings is 1. The predicted molar refractivity (Wildman–Crippen MR) is 73.1 cm³/mol. The molecule has 0 amide bonds. The maximum Gasteiger partial charge on any atom is 0.146 e. The molecule has 0 saturated heterocycles. The van der Waals surface area contributed by atoms with Crippen molar-refractivity contribution in [2.75, 3.05) is 0 Å². The second kappa shape index (κ2) is 5.69. The molecule has 4 nitrogen and oxygen atoms in total. The zero-order chi connectivity index (χ0) is 14.0. The van der Waals surface area contributed by atoms with Gasteiger partial charge in [0.1, 0.15) is 5.82 Å². The first kappa shape index (κ1) is 14.0. The molecule has 2 aromatic rings. The number of halogens is 2. The second-order valence-corrected chi connectivity index (χ2v) is 4.87. The minimum Gasteiger partial charge on any atom is -0.272 e. The van der Waals surface area contributed by atoms with Crippen molar-refractivity contribution < 1.29 is 4.39 Å². The van der Waals surface area contributed by atoms with Crippen LogP contribution in [-0.2, 0) is 13.5 Å². The van der Waals surface area contributed by atoms with Crippen molar-refractivity contribution in [3.8, 4) is 0 Å². The van der Waals surface area contributed by atoms with Gasteiger partial charge in [0, 0.05) is 24.7 Å². The summed E-state index contributed by atoms with van der Waals surface area (Å²) in [6.45, 7) is 1.91. The molecule has 102 valence electrons. The minimum atomic E-state index is -0.439. The molecule has 2 rings (SSSR count). The Hall–Kier alpha value is -1.43. The number of aromatic nitrogens is 2. The van der Waals surface area contributed by atoms with Crippen LogP contribution in [0, 0.1) is 12.7 Å². The highest BCUT2D eigenvalue weighted by molar-refractivity contribution is 6.30. The number of hydrogen-bond donors (Lipinski definition) is 2.